The molecule has 0 saturated carbocycles. The quantitative estimate of drug-likeness (QED) is 0.478. The number of aromatic nitrogens is 4. The summed E-state index contributed by atoms with van der Waals surface area (Å²) in [4.78, 5) is 38.8. The van der Waals surface area contributed by atoms with Crippen molar-refractivity contribution in [3.63, 3.8) is 0 Å². The largest absolute Gasteiger partial charge is 0.454 e. The van der Waals surface area contributed by atoms with E-state index < -0.39 is 11.6 Å². The van der Waals surface area contributed by atoms with Crippen LogP contribution in [0.1, 0.15) is 20.3 Å². The first kappa shape index (κ1) is 20.3. The Labute approximate surface area is 185 Å². The average molecular weight is 455 g/mol. The molecule has 3 aromatic heterocycles. The summed E-state index contributed by atoms with van der Waals surface area (Å²) in [6.07, 6.45) is 0.762. The SMILES string of the molecule is CC(C)CCn1c(=O)c2sccc2n2c(=O)n(CC(=O)Nc3ccc4c(c3)OCO4)nc12. The van der Waals surface area contributed by atoms with E-state index in [9.17, 15) is 14.4 Å². The zero-order valence-electron chi connectivity index (χ0n) is 17.5. The minimum Gasteiger partial charge on any atom is -0.454 e. The monoisotopic (exact) mass is 455 g/mol. The molecule has 1 N–H and O–H groups in total. The van der Waals surface area contributed by atoms with Crippen molar-refractivity contribution < 1.29 is 14.3 Å². The predicted octanol–water partition coefficient (Wildman–Crippen LogP) is 2.29. The molecule has 4 aromatic rings. The normalized spacial score (nSPS) is 12.8. The molecule has 0 aliphatic carbocycles. The van der Waals surface area contributed by atoms with E-state index in [2.05, 4.69) is 24.3 Å². The van der Waals surface area contributed by atoms with Crippen molar-refractivity contribution in [2.45, 2.75) is 33.4 Å². The van der Waals surface area contributed by atoms with Crippen molar-refractivity contribution in [2.75, 3.05) is 12.1 Å². The first-order chi connectivity index (χ1) is 15.4. The maximum atomic E-state index is 13.1. The number of nitrogens with zero attached hydrogens (tertiary/aromatic N) is 4. The molecule has 1 aromatic carbocycles. The highest BCUT2D eigenvalue weighted by molar-refractivity contribution is 7.17. The van der Waals surface area contributed by atoms with E-state index in [1.54, 1.807) is 29.6 Å². The molecule has 4 heterocycles. The van der Waals surface area contributed by atoms with E-state index in [-0.39, 0.29) is 24.7 Å². The van der Waals surface area contributed by atoms with Gasteiger partial charge in [0.25, 0.3) is 5.56 Å². The Morgan fingerprint density at radius 1 is 1.22 bits per heavy atom. The summed E-state index contributed by atoms with van der Waals surface area (Å²) in [5, 5.41) is 8.86. The van der Waals surface area contributed by atoms with Gasteiger partial charge in [0.15, 0.2) is 11.5 Å². The van der Waals surface area contributed by atoms with Gasteiger partial charge >= 0.3 is 5.69 Å². The number of carbonyl (C=O) groups excluding carboxylic acids is 1. The molecule has 1 aliphatic heterocycles. The van der Waals surface area contributed by atoms with Crippen molar-refractivity contribution >= 4 is 38.9 Å². The van der Waals surface area contributed by atoms with Crippen LogP contribution in [0, 0.1) is 5.92 Å². The van der Waals surface area contributed by atoms with Crippen LogP contribution in [0.3, 0.4) is 0 Å². The van der Waals surface area contributed by atoms with E-state index in [4.69, 9.17) is 9.47 Å². The van der Waals surface area contributed by atoms with Crippen LogP contribution in [-0.2, 0) is 17.9 Å². The zero-order valence-corrected chi connectivity index (χ0v) is 18.3. The molecule has 0 radical (unpaired) electrons. The molecule has 0 unspecified atom stereocenters. The van der Waals surface area contributed by atoms with Crippen LogP contribution in [0.25, 0.3) is 16.0 Å². The number of ether oxygens (including phenoxy) is 2. The topological polar surface area (TPSA) is 109 Å². The first-order valence-electron chi connectivity index (χ1n) is 10.2. The van der Waals surface area contributed by atoms with Crippen molar-refractivity contribution in [1.82, 2.24) is 18.7 Å². The van der Waals surface area contributed by atoms with Gasteiger partial charge in [-0.15, -0.1) is 16.4 Å². The van der Waals surface area contributed by atoms with Gasteiger partial charge in [0.2, 0.25) is 18.5 Å². The number of nitrogens with one attached hydrogen (secondary N) is 1. The van der Waals surface area contributed by atoms with E-state index in [0.717, 1.165) is 11.1 Å². The number of thiophene rings is 1. The standard InChI is InChI=1S/C21H21N5O5S/c1-12(2)5-7-24-19(28)18-14(6-8-32-18)26-20(24)23-25(21(26)29)10-17(27)22-13-3-4-15-16(9-13)31-11-30-15/h3-4,6,8-9,12H,5,7,10-11H2,1-2H3,(H,22,27). The number of hydrogen-bond acceptors (Lipinski definition) is 7. The number of rotatable bonds is 6. The third kappa shape index (κ3) is 3.44. The number of fused-ring (bicyclic) bond motifs is 4. The second kappa shape index (κ2) is 7.83. The number of hydrogen-bond donors (Lipinski definition) is 1. The Balaban J connectivity index is 1.50. The smallest absolute Gasteiger partial charge is 0.352 e. The molecule has 0 fully saturated rings. The minimum absolute atomic E-state index is 0.138. The number of carbonyl (C=O) groups is 1. The summed E-state index contributed by atoms with van der Waals surface area (Å²) in [7, 11) is 0. The van der Waals surface area contributed by atoms with Gasteiger partial charge in [0.1, 0.15) is 11.2 Å². The van der Waals surface area contributed by atoms with Crippen LogP contribution in [0.5, 0.6) is 11.5 Å². The number of anilines is 1. The summed E-state index contributed by atoms with van der Waals surface area (Å²) in [5.41, 5.74) is 0.376. The molecule has 10 nitrogen and oxygen atoms in total. The lowest BCUT2D eigenvalue weighted by Gasteiger charge is -2.09. The van der Waals surface area contributed by atoms with Crippen LogP contribution < -0.4 is 26.0 Å². The fraction of sp³-hybridized carbons (Fsp3) is 0.333. The Morgan fingerprint density at radius 2 is 2.03 bits per heavy atom. The van der Waals surface area contributed by atoms with E-state index in [1.165, 1.54) is 20.3 Å². The highest BCUT2D eigenvalue weighted by Gasteiger charge is 2.20. The average Bonchev–Trinajstić information content (AvgIpc) is 3.47. The van der Waals surface area contributed by atoms with Crippen molar-refractivity contribution in [3.8, 4) is 11.5 Å². The first-order valence-corrected chi connectivity index (χ1v) is 11.1. The molecule has 166 valence electrons. The van der Waals surface area contributed by atoms with Crippen molar-refractivity contribution in [2.24, 2.45) is 5.92 Å². The second-order valence-corrected chi connectivity index (χ2v) is 8.88. The van der Waals surface area contributed by atoms with Gasteiger partial charge in [0, 0.05) is 18.3 Å². The maximum absolute atomic E-state index is 13.1. The molecule has 32 heavy (non-hydrogen) atoms. The Morgan fingerprint density at radius 3 is 2.84 bits per heavy atom. The molecular weight excluding hydrogens is 434 g/mol. The summed E-state index contributed by atoms with van der Waals surface area (Å²) < 4.78 is 15.1. The Kier molecular flexibility index (Phi) is 4.97. The van der Waals surface area contributed by atoms with Crippen LogP contribution >= 0.6 is 11.3 Å². The molecular formula is C21H21N5O5S. The van der Waals surface area contributed by atoms with Gasteiger partial charge in [-0.25, -0.2) is 13.9 Å². The minimum atomic E-state index is -0.470. The van der Waals surface area contributed by atoms with Crippen molar-refractivity contribution in [3.05, 3.63) is 50.5 Å². The molecule has 11 heteroatoms. The second-order valence-electron chi connectivity index (χ2n) is 7.97. The fourth-order valence-electron chi connectivity index (χ4n) is 3.64. The van der Waals surface area contributed by atoms with Crippen LogP contribution in [0.2, 0.25) is 0 Å². The molecule has 1 aliphatic rings. The van der Waals surface area contributed by atoms with Gasteiger partial charge in [-0.2, -0.15) is 0 Å². The predicted molar refractivity (Wildman–Crippen MR) is 120 cm³/mol. The molecule has 0 saturated heterocycles. The molecule has 0 atom stereocenters. The number of amides is 1. The fourth-order valence-corrected chi connectivity index (χ4v) is 4.46. The number of benzene rings is 1. The van der Waals surface area contributed by atoms with Crippen molar-refractivity contribution in [1.29, 1.82) is 0 Å². The van der Waals surface area contributed by atoms with E-state index in [0.29, 0.717) is 39.9 Å². The third-order valence-corrected chi connectivity index (χ3v) is 6.16. The van der Waals surface area contributed by atoms with Crippen LogP contribution in [0.15, 0.2) is 39.2 Å². The lowest BCUT2D eigenvalue weighted by molar-refractivity contribution is -0.117. The Bertz CT molecular complexity index is 1460. The summed E-state index contributed by atoms with van der Waals surface area (Å²) in [6, 6.07) is 6.78. The lowest BCUT2D eigenvalue weighted by atomic mass is 10.1. The maximum Gasteiger partial charge on any atom is 0.352 e. The van der Waals surface area contributed by atoms with Gasteiger partial charge in [0.05, 0.1) is 5.52 Å². The molecule has 5 rings (SSSR count). The third-order valence-electron chi connectivity index (χ3n) is 5.27. The van der Waals surface area contributed by atoms with E-state index in [1.807, 2.05) is 0 Å². The summed E-state index contributed by atoms with van der Waals surface area (Å²) in [5.74, 6) is 1.34. The summed E-state index contributed by atoms with van der Waals surface area (Å²) >= 11 is 1.29. The Hall–Kier alpha value is -3.60. The molecule has 1 amide bonds. The lowest BCUT2D eigenvalue weighted by Crippen LogP contribution is -2.29. The van der Waals surface area contributed by atoms with E-state index >= 15 is 0 Å². The summed E-state index contributed by atoms with van der Waals surface area (Å²) in [6.45, 7) is 4.42. The van der Waals surface area contributed by atoms with Crippen LogP contribution in [0.4, 0.5) is 5.69 Å². The highest BCUT2D eigenvalue weighted by Crippen LogP contribution is 2.34. The number of aryl methyl sites for hydroxylation is 1. The van der Waals surface area contributed by atoms with Gasteiger partial charge < -0.3 is 14.8 Å². The molecule has 0 bridgehead atoms. The van der Waals surface area contributed by atoms with Gasteiger partial charge in [-0.3, -0.25) is 14.2 Å². The van der Waals surface area contributed by atoms with Crippen LogP contribution in [-0.4, -0.2) is 31.4 Å². The molecule has 0 spiro atoms. The zero-order chi connectivity index (χ0) is 22.4. The van der Waals surface area contributed by atoms with Gasteiger partial charge in [-0.1, -0.05) is 13.8 Å². The van der Waals surface area contributed by atoms with Gasteiger partial charge in [-0.05, 0) is 35.9 Å². The highest BCUT2D eigenvalue weighted by atomic mass is 32.1.